The van der Waals surface area contributed by atoms with Gasteiger partial charge in [-0.05, 0) is 41.3 Å². The Bertz CT molecular complexity index is 673. The molecule has 0 heterocycles. The van der Waals surface area contributed by atoms with Gasteiger partial charge in [0.15, 0.2) is 0 Å². The van der Waals surface area contributed by atoms with Crippen LogP contribution in [0, 0.1) is 0 Å². The van der Waals surface area contributed by atoms with Crippen LogP contribution in [0.4, 0.5) is 0 Å². The molecule has 0 fully saturated rings. The molecule has 0 aromatic heterocycles. The molecule has 98 valence electrons. The van der Waals surface area contributed by atoms with Gasteiger partial charge in [-0.3, -0.25) is 4.55 Å². The minimum absolute atomic E-state index is 0. The summed E-state index contributed by atoms with van der Waals surface area (Å²) in [5.74, 6) is -0.0250. The molecular formula is C13H15NaO4S. The molecule has 0 radical (unpaired) electrons. The molecule has 0 unspecified atom stereocenters. The molecule has 0 saturated heterocycles. The maximum absolute atomic E-state index is 10.6. The second kappa shape index (κ2) is 6.72. The monoisotopic (exact) mass is 290 g/mol. The molecule has 0 saturated carbocycles. The molecule has 6 heteroatoms. The van der Waals surface area contributed by atoms with Crippen LogP contribution < -0.4 is 29.6 Å². The van der Waals surface area contributed by atoms with E-state index in [0.29, 0.717) is 12.8 Å². The minimum Gasteiger partial charge on any atom is -1.00 e. The van der Waals surface area contributed by atoms with Crippen molar-refractivity contribution in [2.45, 2.75) is 12.8 Å². The molecule has 2 N–H and O–H groups in total. The summed E-state index contributed by atoms with van der Waals surface area (Å²) in [6.45, 7) is 0. The molecule has 0 bridgehead atoms. The van der Waals surface area contributed by atoms with E-state index in [1.165, 1.54) is 0 Å². The minimum atomic E-state index is -3.88. The molecule has 19 heavy (non-hydrogen) atoms. The van der Waals surface area contributed by atoms with Gasteiger partial charge in [0, 0.05) is 0 Å². The predicted octanol–water partition coefficient (Wildman–Crippen LogP) is -0.518. The van der Waals surface area contributed by atoms with Crippen LogP contribution in [0.3, 0.4) is 0 Å². The van der Waals surface area contributed by atoms with Crippen molar-refractivity contribution in [3.05, 3.63) is 42.0 Å². The van der Waals surface area contributed by atoms with E-state index >= 15 is 0 Å². The van der Waals surface area contributed by atoms with Gasteiger partial charge in [0.2, 0.25) is 0 Å². The van der Waals surface area contributed by atoms with E-state index < -0.39 is 10.1 Å². The van der Waals surface area contributed by atoms with Crippen molar-refractivity contribution in [1.82, 2.24) is 0 Å². The van der Waals surface area contributed by atoms with Crippen LogP contribution in [-0.4, -0.2) is 23.8 Å². The fraction of sp³-hybridized carbons (Fsp3) is 0.231. The van der Waals surface area contributed by atoms with Crippen LogP contribution in [0.1, 0.15) is 13.4 Å². The van der Waals surface area contributed by atoms with Crippen molar-refractivity contribution in [2.24, 2.45) is 0 Å². The maximum Gasteiger partial charge on any atom is 1.00 e. The zero-order chi connectivity index (χ0) is 13.2. The summed E-state index contributed by atoms with van der Waals surface area (Å²) < 4.78 is 29.8. The first kappa shape index (κ1) is 16.5. The molecule has 4 nitrogen and oxygen atoms in total. The topological polar surface area (TPSA) is 74.6 Å². The van der Waals surface area contributed by atoms with E-state index in [0.717, 1.165) is 16.3 Å². The average molecular weight is 290 g/mol. The molecule has 0 spiro atoms. The largest absolute Gasteiger partial charge is 1.00 e. The van der Waals surface area contributed by atoms with Gasteiger partial charge < -0.3 is 6.53 Å². The number of hydrogen-bond donors (Lipinski definition) is 2. The van der Waals surface area contributed by atoms with Crippen LogP contribution in [0.25, 0.3) is 10.8 Å². The second-order valence-electron chi connectivity index (χ2n) is 4.26. The third-order valence-corrected chi connectivity index (χ3v) is 3.56. The summed E-state index contributed by atoms with van der Waals surface area (Å²) in [6, 6.07) is 10.9. The normalized spacial score (nSPS) is 11.2. The van der Waals surface area contributed by atoms with Crippen LogP contribution in [0.2, 0.25) is 0 Å². The Kier molecular flexibility index (Phi) is 5.82. The van der Waals surface area contributed by atoms with E-state index in [2.05, 4.69) is 0 Å². The first-order valence-corrected chi connectivity index (χ1v) is 7.22. The Morgan fingerprint density at radius 1 is 1.05 bits per heavy atom. The summed E-state index contributed by atoms with van der Waals surface area (Å²) >= 11 is 0. The van der Waals surface area contributed by atoms with Crippen LogP contribution >= 0.6 is 0 Å². The number of phenolic OH excluding ortho intramolecular Hbond substituents is 1. The smallest absolute Gasteiger partial charge is 1.00 e. The molecule has 0 aliphatic carbocycles. The van der Waals surface area contributed by atoms with E-state index in [9.17, 15) is 13.5 Å². The molecule has 0 aliphatic rings. The van der Waals surface area contributed by atoms with Gasteiger partial charge in [0.25, 0.3) is 10.1 Å². The van der Waals surface area contributed by atoms with E-state index in [-0.39, 0.29) is 42.5 Å². The third-order valence-electron chi connectivity index (χ3n) is 2.76. The SMILES string of the molecule is O=S(=O)(O)CCCc1ccc2ccc(O)cc2c1.[H-].[Na+]. The number of rotatable bonds is 4. The summed E-state index contributed by atoms with van der Waals surface area (Å²) in [6.07, 6.45) is 0.953. The number of phenols is 1. The van der Waals surface area contributed by atoms with Crippen LogP contribution in [0.15, 0.2) is 36.4 Å². The first-order valence-electron chi connectivity index (χ1n) is 5.61. The van der Waals surface area contributed by atoms with Gasteiger partial charge in [0.05, 0.1) is 5.75 Å². The summed E-state index contributed by atoms with van der Waals surface area (Å²) in [4.78, 5) is 0. The number of hydrogen-bond acceptors (Lipinski definition) is 3. The molecule has 2 aromatic rings. The third kappa shape index (κ3) is 5.12. The standard InChI is InChI=1S/C13H14O4S.Na.H/c14-13-6-5-11-4-3-10(8-12(11)9-13)2-1-7-18(15,16)17;;/h3-6,8-9,14H,1-2,7H2,(H,15,16,17);;/q;+1;-1. The van der Waals surface area contributed by atoms with E-state index in [1.54, 1.807) is 12.1 Å². The molecule has 2 aromatic carbocycles. The predicted molar refractivity (Wildman–Crippen MR) is 71.5 cm³/mol. The van der Waals surface area contributed by atoms with Crippen molar-refractivity contribution < 1.29 is 49.1 Å². The van der Waals surface area contributed by atoms with Crippen molar-refractivity contribution in [3.63, 3.8) is 0 Å². The molecular weight excluding hydrogens is 275 g/mol. The quantitative estimate of drug-likeness (QED) is 0.587. The van der Waals surface area contributed by atoms with Crippen molar-refractivity contribution in [3.8, 4) is 5.75 Å². The van der Waals surface area contributed by atoms with Gasteiger partial charge in [0.1, 0.15) is 5.75 Å². The van der Waals surface area contributed by atoms with E-state index in [4.69, 9.17) is 4.55 Å². The summed E-state index contributed by atoms with van der Waals surface area (Å²) in [5.41, 5.74) is 0.983. The molecule has 0 aliphatic heterocycles. The molecule has 0 amide bonds. The number of aromatic hydroxyl groups is 1. The molecule has 2 rings (SSSR count). The van der Waals surface area contributed by atoms with Crippen LogP contribution in [-0.2, 0) is 16.5 Å². The van der Waals surface area contributed by atoms with Gasteiger partial charge in [-0.2, -0.15) is 8.42 Å². The van der Waals surface area contributed by atoms with E-state index in [1.807, 2.05) is 24.3 Å². The Hall–Kier alpha value is -0.590. The van der Waals surface area contributed by atoms with Crippen molar-refractivity contribution in [1.29, 1.82) is 0 Å². The molecule has 0 atom stereocenters. The van der Waals surface area contributed by atoms with Gasteiger partial charge in [-0.25, -0.2) is 0 Å². The maximum atomic E-state index is 10.6. The van der Waals surface area contributed by atoms with Gasteiger partial charge in [-0.15, -0.1) is 0 Å². The fourth-order valence-electron chi connectivity index (χ4n) is 1.90. The summed E-state index contributed by atoms with van der Waals surface area (Å²) in [7, 11) is -3.88. The Balaban J connectivity index is 0.00000180. The summed E-state index contributed by atoms with van der Waals surface area (Å²) in [5, 5.41) is 11.3. The number of fused-ring (bicyclic) bond motifs is 1. The van der Waals surface area contributed by atoms with Crippen molar-refractivity contribution in [2.75, 3.05) is 5.75 Å². The Morgan fingerprint density at radius 3 is 2.42 bits per heavy atom. The second-order valence-corrected chi connectivity index (χ2v) is 5.83. The zero-order valence-corrected chi connectivity index (χ0v) is 13.5. The first-order chi connectivity index (χ1) is 8.44. The fourth-order valence-corrected chi connectivity index (χ4v) is 2.41. The Labute approximate surface area is 136 Å². The zero-order valence-electron chi connectivity index (χ0n) is 11.7. The van der Waals surface area contributed by atoms with Crippen LogP contribution in [0.5, 0.6) is 5.75 Å². The number of benzene rings is 2. The average Bonchev–Trinajstić information content (AvgIpc) is 2.26. The number of aryl methyl sites for hydroxylation is 1. The Morgan fingerprint density at radius 2 is 1.74 bits per heavy atom. The van der Waals surface area contributed by atoms with Gasteiger partial charge >= 0.3 is 29.6 Å². The van der Waals surface area contributed by atoms with Crippen molar-refractivity contribution >= 4 is 20.9 Å². The van der Waals surface area contributed by atoms with Gasteiger partial charge in [-0.1, -0.05) is 24.3 Å².